The first kappa shape index (κ1) is 15.1. The van der Waals surface area contributed by atoms with E-state index in [1.54, 1.807) is 29.0 Å². The third-order valence-electron chi connectivity index (χ3n) is 3.09. The summed E-state index contributed by atoms with van der Waals surface area (Å²) in [4.78, 5) is 22.9. The number of hydrogen-bond acceptors (Lipinski definition) is 2. The van der Waals surface area contributed by atoms with Crippen molar-refractivity contribution in [2.45, 2.75) is 20.0 Å². The Kier molecular flexibility index (Phi) is 4.65. The first-order valence-electron chi connectivity index (χ1n) is 6.47. The lowest BCUT2D eigenvalue weighted by molar-refractivity contribution is 0.0696. The molecule has 0 fully saturated rings. The Morgan fingerprint density at radius 1 is 1.29 bits per heavy atom. The normalized spacial score (nSPS) is 10.4. The Bertz CT molecular complexity index is 662. The summed E-state index contributed by atoms with van der Waals surface area (Å²) >= 11 is 5.90. The molecule has 1 aromatic carbocycles. The molecule has 1 heterocycles. The molecule has 0 aliphatic carbocycles. The maximum absolute atomic E-state index is 12.1. The Labute approximate surface area is 127 Å². The maximum atomic E-state index is 12.1. The van der Waals surface area contributed by atoms with Crippen molar-refractivity contribution in [2.24, 2.45) is 0 Å². The van der Waals surface area contributed by atoms with Crippen LogP contribution in [-0.2, 0) is 13.1 Å². The quantitative estimate of drug-likeness (QED) is 0.892. The van der Waals surface area contributed by atoms with Gasteiger partial charge in [0.05, 0.1) is 10.6 Å². The van der Waals surface area contributed by atoms with Crippen LogP contribution in [0.4, 0.5) is 0 Å². The largest absolute Gasteiger partial charge is 0.478 e. The van der Waals surface area contributed by atoms with Crippen LogP contribution in [0.1, 0.15) is 33.3 Å². The molecule has 1 amide bonds. The molecule has 5 nitrogen and oxygen atoms in total. The average molecular weight is 307 g/mol. The smallest absolute Gasteiger partial charge is 0.335 e. The van der Waals surface area contributed by atoms with Gasteiger partial charge in [0.25, 0.3) is 5.91 Å². The minimum atomic E-state index is -0.971. The van der Waals surface area contributed by atoms with Gasteiger partial charge >= 0.3 is 5.97 Å². The predicted octanol–water partition coefficient (Wildman–Crippen LogP) is 2.79. The maximum Gasteiger partial charge on any atom is 0.335 e. The molecule has 0 saturated carbocycles. The number of rotatable bonds is 5. The number of hydrogen-bond donors (Lipinski definition) is 2. The molecule has 21 heavy (non-hydrogen) atoms. The molecule has 0 spiro atoms. The first-order chi connectivity index (χ1) is 10.0. The summed E-state index contributed by atoms with van der Waals surface area (Å²) in [6.45, 7) is 2.91. The summed E-state index contributed by atoms with van der Waals surface area (Å²) in [7, 11) is 0. The fraction of sp³-hybridized carbons (Fsp3) is 0.200. The number of benzene rings is 1. The van der Waals surface area contributed by atoms with E-state index in [4.69, 9.17) is 16.7 Å². The van der Waals surface area contributed by atoms with Gasteiger partial charge in [-0.2, -0.15) is 0 Å². The lowest BCUT2D eigenvalue weighted by Crippen LogP contribution is -2.25. The summed E-state index contributed by atoms with van der Waals surface area (Å²) in [5.41, 5.74) is 1.55. The van der Waals surface area contributed by atoms with Crippen molar-refractivity contribution < 1.29 is 14.7 Å². The first-order valence-corrected chi connectivity index (χ1v) is 6.85. The zero-order chi connectivity index (χ0) is 15.4. The van der Waals surface area contributed by atoms with Crippen LogP contribution in [0.25, 0.3) is 0 Å². The molecular formula is C15H15ClN2O3. The van der Waals surface area contributed by atoms with Crippen LogP contribution in [0.2, 0.25) is 5.02 Å². The molecule has 0 saturated heterocycles. The van der Waals surface area contributed by atoms with Crippen molar-refractivity contribution in [1.82, 2.24) is 9.88 Å². The van der Waals surface area contributed by atoms with E-state index in [1.165, 1.54) is 12.1 Å². The van der Waals surface area contributed by atoms with E-state index in [2.05, 4.69) is 5.32 Å². The minimum Gasteiger partial charge on any atom is -0.478 e. The third-order valence-corrected chi connectivity index (χ3v) is 3.30. The van der Waals surface area contributed by atoms with E-state index >= 15 is 0 Å². The Morgan fingerprint density at radius 3 is 2.52 bits per heavy atom. The number of amides is 1. The van der Waals surface area contributed by atoms with Gasteiger partial charge in [0.15, 0.2) is 0 Å². The monoisotopic (exact) mass is 306 g/mol. The van der Waals surface area contributed by atoms with Gasteiger partial charge in [-0.1, -0.05) is 23.7 Å². The SMILES string of the molecule is CCn1cc(Cl)cc1C(=O)NCc1ccc(C(=O)O)cc1. The number of aromatic nitrogens is 1. The van der Waals surface area contributed by atoms with Gasteiger partial charge in [-0.25, -0.2) is 4.79 Å². The fourth-order valence-corrected chi connectivity index (χ4v) is 2.19. The highest BCUT2D eigenvalue weighted by molar-refractivity contribution is 6.31. The molecule has 2 N–H and O–H groups in total. The Hall–Kier alpha value is -2.27. The molecule has 0 atom stereocenters. The standard InChI is InChI=1S/C15H15ClN2O3/c1-2-18-9-12(16)7-13(18)14(19)17-8-10-3-5-11(6-4-10)15(20)21/h3-7,9H,2,8H2,1H3,(H,17,19)(H,20,21). The van der Waals surface area contributed by atoms with E-state index < -0.39 is 5.97 Å². The average Bonchev–Trinajstić information content (AvgIpc) is 2.86. The van der Waals surface area contributed by atoms with Crippen LogP contribution in [-0.4, -0.2) is 21.6 Å². The molecule has 0 aliphatic rings. The topological polar surface area (TPSA) is 71.3 Å². The van der Waals surface area contributed by atoms with Gasteiger partial charge in [0.2, 0.25) is 0 Å². The van der Waals surface area contributed by atoms with Crippen LogP contribution in [0, 0.1) is 0 Å². The van der Waals surface area contributed by atoms with E-state index in [-0.39, 0.29) is 11.5 Å². The van der Waals surface area contributed by atoms with Gasteiger partial charge in [0.1, 0.15) is 5.69 Å². The zero-order valence-electron chi connectivity index (χ0n) is 11.5. The van der Waals surface area contributed by atoms with E-state index in [0.29, 0.717) is 23.8 Å². The van der Waals surface area contributed by atoms with E-state index in [9.17, 15) is 9.59 Å². The van der Waals surface area contributed by atoms with Gasteiger partial charge in [-0.3, -0.25) is 4.79 Å². The second-order valence-electron chi connectivity index (χ2n) is 4.51. The number of aromatic carboxylic acids is 1. The second kappa shape index (κ2) is 6.45. The lowest BCUT2D eigenvalue weighted by Gasteiger charge is -2.08. The second-order valence-corrected chi connectivity index (χ2v) is 4.95. The Morgan fingerprint density at radius 2 is 1.95 bits per heavy atom. The summed E-state index contributed by atoms with van der Waals surface area (Å²) in [6.07, 6.45) is 1.71. The number of halogens is 1. The molecule has 1 aromatic heterocycles. The van der Waals surface area contributed by atoms with Crippen LogP contribution < -0.4 is 5.32 Å². The molecule has 6 heteroatoms. The number of nitrogens with zero attached hydrogens (tertiary/aromatic N) is 1. The van der Waals surface area contributed by atoms with Gasteiger partial charge < -0.3 is 15.0 Å². The van der Waals surface area contributed by atoms with Crippen molar-refractivity contribution >= 4 is 23.5 Å². The number of aryl methyl sites for hydroxylation is 1. The van der Waals surface area contributed by atoms with Crippen molar-refractivity contribution in [3.05, 3.63) is 58.4 Å². The zero-order valence-corrected chi connectivity index (χ0v) is 12.2. The third kappa shape index (κ3) is 3.64. The van der Waals surface area contributed by atoms with Crippen molar-refractivity contribution in [1.29, 1.82) is 0 Å². The van der Waals surface area contributed by atoms with E-state index in [1.807, 2.05) is 6.92 Å². The molecule has 2 rings (SSSR count). The molecule has 2 aromatic rings. The molecule has 0 unspecified atom stereocenters. The number of carbonyl (C=O) groups is 2. The summed E-state index contributed by atoms with van der Waals surface area (Å²) < 4.78 is 1.77. The van der Waals surface area contributed by atoms with Crippen LogP contribution in [0.5, 0.6) is 0 Å². The van der Waals surface area contributed by atoms with Crippen molar-refractivity contribution in [3.63, 3.8) is 0 Å². The molecule has 0 radical (unpaired) electrons. The minimum absolute atomic E-state index is 0.217. The molecule has 0 aliphatic heterocycles. The number of carboxylic acids is 1. The highest BCUT2D eigenvalue weighted by Crippen LogP contribution is 2.14. The molecule has 0 bridgehead atoms. The summed E-state index contributed by atoms with van der Waals surface area (Å²) in [5, 5.41) is 12.1. The summed E-state index contributed by atoms with van der Waals surface area (Å²) in [6, 6.07) is 7.99. The van der Waals surface area contributed by atoms with Crippen LogP contribution in [0.15, 0.2) is 36.5 Å². The highest BCUT2D eigenvalue weighted by atomic mass is 35.5. The van der Waals surface area contributed by atoms with Gasteiger partial charge in [0, 0.05) is 19.3 Å². The number of nitrogens with one attached hydrogen (secondary N) is 1. The van der Waals surface area contributed by atoms with Crippen molar-refractivity contribution in [2.75, 3.05) is 0 Å². The summed E-state index contributed by atoms with van der Waals surface area (Å²) in [5.74, 6) is -1.19. The Balaban J connectivity index is 2.02. The fourth-order valence-electron chi connectivity index (χ4n) is 1.96. The van der Waals surface area contributed by atoms with Crippen LogP contribution in [0.3, 0.4) is 0 Å². The van der Waals surface area contributed by atoms with E-state index in [0.717, 1.165) is 5.56 Å². The van der Waals surface area contributed by atoms with Crippen molar-refractivity contribution in [3.8, 4) is 0 Å². The lowest BCUT2D eigenvalue weighted by atomic mass is 10.1. The predicted molar refractivity (Wildman–Crippen MR) is 79.7 cm³/mol. The van der Waals surface area contributed by atoms with Crippen LogP contribution >= 0.6 is 11.6 Å². The number of carbonyl (C=O) groups excluding carboxylic acids is 1. The molecule has 110 valence electrons. The van der Waals surface area contributed by atoms with Gasteiger partial charge in [-0.15, -0.1) is 0 Å². The molecular weight excluding hydrogens is 292 g/mol. The van der Waals surface area contributed by atoms with Gasteiger partial charge in [-0.05, 0) is 30.7 Å². The highest BCUT2D eigenvalue weighted by Gasteiger charge is 2.12. The number of carboxylic acid groups (broad SMARTS) is 1.